The molecule has 188 valence electrons. The van der Waals surface area contributed by atoms with E-state index in [0.717, 1.165) is 41.7 Å². The van der Waals surface area contributed by atoms with Gasteiger partial charge < -0.3 is 14.8 Å². The number of halogens is 2. The molecule has 4 rings (SSSR count). The minimum absolute atomic E-state index is 0.122. The lowest BCUT2D eigenvalue weighted by atomic mass is 9.96. The zero-order valence-corrected chi connectivity index (χ0v) is 22.4. The maximum absolute atomic E-state index is 13.0. The molecule has 0 saturated carbocycles. The summed E-state index contributed by atoms with van der Waals surface area (Å²) >= 11 is 13.9. The molecule has 0 fully saturated rings. The highest BCUT2D eigenvalue weighted by atomic mass is 35.5. The third kappa shape index (κ3) is 6.26. The molecule has 3 aromatic rings. The Labute approximate surface area is 229 Å². The Kier molecular flexibility index (Phi) is 8.74. The minimum Gasteiger partial charge on any atom is -0.490 e. The zero-order valence-electron chi connectivity index (χ0n) is 20.1. The molecule has 0 aliphatic heterocycles. The van der Waals surface area contributed by atoms with Gasteiger partial charge in [0.1, 0.15) is 29.3 Å². The van der Waals surface area contributed by atoms with E-state index in [9.17, 15) is 15.3 Å². The molecule has 2 aromatic carbocycles. The van der Waals surface area contributed by atoms with Gasteiger partial charge in [-0.1, -0.05) is 35.3 Å². The van der Waals surface area contributed by atoms with Crippen molar-refractivity contribution in [2.24, 2.45) is 0 Å². The summed E-state index contributed by atoms with van der Waals surface area (Å²) in [6, 6.07) is 14.7. The van der Waals surface area contributed by atoms with Gasteiger partial charge in [-0.15, -0.1) is 11.3 Å². The number of hydrogen-bond donors (Lipinski definition) is 1. The van der Waals surface area contributed by atoms with Gasteiger partial charge in [0, 0.05) is 9.90 Å². The van der Waals surface area contributed by atoms with Crippen molar-refractivity contribution >= 4 is 51.5 Å². The molecule has 6 nitrogen and oxygen atoms in total. The van der Waals surface area contributed by atoms with Gasteiger partial charge in [-0.25, -0.2) is 0 Å². The van der Waals surface area contributed by atoms with Crippen molar-refractivity contribution in [3.05, 3.63) is 79.1 Å². The maximum atomic E-state index is 13.0. The minimum atomic E-state index is -0.588. The van der Waals surface area contributed by atoms with Crippen molar-refractivity contribution in [2.75, 3.05) is 11.9 Å². The fourth-order valence-electron chi connectivity index (χ4n) is 4.07. The van der Waals surface area contributed by atoms with E-state index in [1.165, 1.54) is 17.4 Å². The first kappa shape index (κ1) is 26.6. The van der Waals surface area contributed by atoms with Gasteiger partial charge in [0.05, 0.1) is 17.2 Å². The Morgan fingerprint density at radius 1 is 1.14 bits per heavy atom. The molecule has 37 heavy (non-hydrogen) atoms. The molecular formula is C28H23Cl2N3O3S. The van der Waals surface area contributed by atoms with Crippen molar-refractivity contribution in [3.63, 3.8) is 0 Å². The number of thiophene rings is 1. The predicted molar refractivity (Wildman–Crippen MR) is 146 cm³/mol. The van der Waals surface area contributed by atoms with E-state index < -0.39 is 5.91 Å². The summed E-state index contributed by atoms with van der Waals surface area (Å²) < 4.78 is 11.7. The zero-order chi connectivity index (χ0) is 26.4. The van der Waals surface area contributed by atoms with Crippen molar-refractivity contribution in [2.45, 2.75) is 39.2 Å². The average molecular weight is 552 g/mol. The van der Waals surface area contributed by atoms with Crippen LogP contribution in [0.2, 0.25) is 10.0 Å². The molecule has 1 aliphatic rings. The third-order valence-corrected chi connectivity index (χ3v) is 7.55. The van der Waals surface area contributed by atoms with Gasteiger partial charge in [-0.3, -0.25) is 4.79 Å². The molecule has 1 heterocycles. The first-order valence-electron chi connectivity index (χ1n) is 11.7. The lowest BCUT2D eigenvalue weighted by Crippen LogP contribution is -2.13. The fourth-order valence-corrected chi connectivity index (χ4v) is 5.70. The summed E-state index contributed by atoms with van der Waals surface area (Å²) in [5.74, 6) is 0.168. The number of fused-ring (bicyclic) bond motifs is 1. The van der Waals surface area contributed by atoms with Crippen LogP contribution in [0.3, 0.4) is 0 Å². The summed E-state index contributed by atoms with van der Waals surface area (Å²) in [5, 5.41) is 23.5. The van der Waals surface area contributed by atoms with Crippen LogP contribution < -0.4 is 14.8 Å². The first-order chi connectivity index (χ1) is 17.9. The van der Waals surface area contributed by atoms with Crippen molar-refractivity contribution in [3.8, 4) is 23.6 Å². The number of amides is 1. The molecule has 1 aromatic heterocycles. The van der Waals surface area contributed by atoms with E-state index in [4.69, 9.17) is 32.7 Å². The Balaban J connectivity index is 1.57. The normalized spacial score (nSPS) is 12.7. The van der Waals surface area contributed by atoms with E-state index in [1.807, 2.05) is 25.1 Å². The number of aryl methyl sites for hydroxylation is 1. The molecule has 0 bridgehead atoms. The second-order valence-electron chi connectivity index (χ2n) is 8.33. The van der Waals surface area contributed by atoms with Gasteiger partial charge in [-0.05, 0) is 79.6 Å². The van der Waals surface area contributed by atoms with Gasteiger partial charge >= 0.3 is 0 Å². The predicted octanol–water partition coefficient (Wildman–Crippen LogP) is 7.33. The van der Waals surface area contributed by atoms with E-state index in [-0.39, 0.29) is 17.2 Å². The second-order valence-corrected chi connectivity index (χ2v) is 10.3. The van der Waals surface area contributed by atoms with Crippen LogP contribution in [0.15, 0.2) is 42.0 Å². The highest BCUT2D eigenvalue weighted by Crippen LogP contribution is 2.39. The fraction of sp³-hybridized carbons (Fsp3) is 0.250. The molecule has 0 saturated heterocycles. The Hall–Kier alpha value is -3.49. The number of carbonyl (C=O) groups is 1. The standard InChI is InChI=1S/C28H23Cl2N3O3S/c1-2-35-24-13-18(12-23(30)26(24)36-16-17-7-9-20(29)10-8-17)11-19(14-31)27(34)33-28-22(15-32)21-5-3-4-6-25(21)37-28/h7-13H,2-6,16H2,1H3,(H,33,34)/b19-11+. The second kappa shape index (κ2) is 12.2. The van der Waals surface area contributed by atoms with Crippen molar-refractivity contribution in [1.29, 1.82) is 10.5 Å². The Morgan fingerprint density at radius 2 is 1.89 bits per heavy atom. The number of rotatable bonds is 8. The summed E-state index contributed by atoms with van der Waals surface area (Å²) in [6.45, 7) is 2.46. The number of anilines is 1. The number of carbonyl (C=O) groups excluding carboxylic acids is 1. The SMILES string of the molecule is CCOc1cc(/C=C(\C#N)C(=O)Nc2sc3c(c2C#N)CCCC3)cc(Cl)c1OCc1ccc(Cl)cc1. The lowest BCUT2D eigenvalue weighted by Gasteiger charge is -2.15. The molecule has 0 atom stereocenters. The number of hydrogen-bond acceptors (Lipinski definition) is 6. The molecule has 9 heteroatoms. The van der Waals surface area contributed by atoms with E-state index >= 15 is 0 Å². The highest BCUT2D eigenvalue weighted by molar-refractivity contribution is 7.16. The van der Waals surface area contributed by atoms with E-state index in [1.54, 1.807) is 24.3 Å². The van der Waals surface area contributed by atoms with Crippen LogP contribution in [0, 0.1) is 22.7 Å². The molecule has 1 N–H and O–H groups in total. The van der Waals surface area contributed by atoms with Crippen molar-refractivity contribution < 1.29 is 14.3 Å². The number of nitrogens with zero attached hydrogens (tertiary/aromatic N) is 2. The summed E-state index contributed by atoms with van der Waals surface area (Å²) in [5.41, 5.74) is 2.80. The van der Waals surface area contributed by atoms with Gasteiger partial charge in [0.15, 0.2) is 11.5 Å². The molecule has 0 unspecified atom stereocenters. The molecule has 0 radical (unpaired) electrons. The quantitative estimate of drug-likeness (QED) is 0.233. The third-order valence-electron chi connectivity index (χ3n) is 5.81. The van der Waals surface area contributed by atoms with Crippen LogP contribution in [0.4, 0.5) is 5.00 Å². The van der Waals surface area contributed by atoms with Crippen LogP contribution in [-0.4, -0.2) is 12.5 Å². The first-order valence-corrected chi connectivity index (χ1v) is 13.3. The topological polar surface area (TPSA) is 95.1 Å². The van der Waals surface area contributed by atoms with Crippen LogP contribution in [0.5, 0.6) is 11.5 Å². The molecular weight excluding hydrogens is 529 g/mol. The summed E-state index contributed by atoms with van der Waals surface area (Å²) in [4.78, 5) is 14.1. The van der Waals surface area contributed by atoms with Gasteiger partial charge in [0.2, 0.25) is 0 Å². The highest BCUT2D eigenvalue weighted by Gasteiger charge is 2.23. The number of nitriles is 2. The summed E-state index contributed by atoms with van der Waals surface area (Å²) in [7, 11) is 0. The Morgan fingerprint density at radius 3 is 2.59 bits per heavy atom. The Bertz CT molecular complexity index is 1430. The lowest BCUT2D eigenvalue weighted by molar-refractivity contribution is -0.112. The average Bonchev–Trinajstić information content (AvgIpc) is 3.24. The van der Waals surface area contributed by atoms with Crippen LogP contribution in [-0.2, 0) is 24.2 Å². The monoisotopic (exact) mass is 551 g/mol. The van der Waals surface area contributed by atoms with Crippen molar-refractivity contribution in [1.82, 2.24) is 0 Å². The number of nitrogens with one attached hydrogen (secondary N) is 1. The molecule has 0 spiro atoms. The summed E-state index contributed by atoms with van der Waals surface area (Å²) in [6.07, 6.45) is 5.26. The number of ether oxygens (including phenoxy) is 2. The van der Waals surface area contributed by atoms with Crippen LogP contribution in [0.1, 0.15) is 46.9 Å². The number of benzene rings is 2. The van der Waals surface area contributed by atoms with Crippen LogP contribution in [0.25, 0.3) is 6.08 Å². The van der Waals surface area contributed by atoms with Gasteiger partial charge in [-0.2, -0.15) is 10.5 Å². The largest absolute Gasteiger partial charge is 0.490 e. The van der Waals surface area contributed by atoms with E-state index in [2.05, 4.69) is 11.4 Å². The smallest absolute Gasteiger partial charge is 0.266 e. The van der Waals surface area contributed by atoms with E-state index in [0.29, 0.717) is 39.3 Å². The molecule has 1 amide bonds. The maximum Gasteiger partial charge on any atom is 0.266 e. The van der Waals surface area contributed by atoms with Gasteiger partial charge in [0.25, 0.3) is 5.91 Å². The van der Waals surface area contributed by atoms with Crippen LogP contribution >= 0.6 is 34.5 Å². The molecule has 1 aliphatic carbocycles.